The molecular formula is C8H19N2O3P. The number of rotatable bonds is 5. The molecule has 0 fully saturated rings. The summed E-state index contributed by atoms with van der Waals surface area (Å²) >= 11 is 0. The molecule has 0 aromatic heterocycles. The van der Waals surface area contributed by atoms with Gasteiger partial charge >= 0.3 is 0 Å². The van der Waals surface area contributed by atoms with Gasteiger partial charge in [0.15, 0.2) is 0 Å². The van der Waals surface area contributed by atoms with Crippen LogP contribution in [0.3, 0.4) is 0 Å². The van der Waals surface area contributed by atoms with Crippen LogP contribution in [0.5, 0.6) is 0 Å². The summed E-state index contributed by atoms with van der Waals surface area (Å²) in [6, 6.07) is 0. The molecule has 5 nitrogen and oxygen atoms in total. The first-order valence-corrected chi connectivity index (χ1v) is 6.97. The monoisotopic (exact) mass is 222 g/mol. The fourth-order valence-electron chi connectivity index (χ4n) is 0.816. The fraction of sp³-hybridized carbons (Fsp3) is 0.875. The largest absolute Gasteiger partial charge is 0.322 e. The predicted molar refractivity (Wildman–Crippen MR) is 56.1 cm³/mol. The van der Waals surface area contributed by atoms with Crippen molar-refractivity contribution in [3.05, 3.63) is 0 Å². The van der Waals surface area contributed by atoms with Gasteiger partial charge in [-0.15, -0.1) is 0 Å². The predicted octanol–water partition coefficient (Wildman–Crippen LogP) is 0.782. The molecule has 0 heterocycles. The van der Waals surface area contributed by atoms with Crippen LogP contribution in [0.1, 0.15) is 13.8 Å². The van der Waals surface area contributed by atoms with Gasteiger partial charge < -0.3 is 4.57 Å². The maximum Gasteiger partial charge on any atom is 0.259 e. The molecular weight excluding hydrogens is 203 g/mol. The summed E-state index contributed by atoms with van der Waals surface area (Å²) in [6.07, 6.45) is 0.602. The number of hydrogen-bond donors (Lipinski definition) is 2. The smallest absolute Gasteiger partial charge is 0.259 e. The van der Waals surface area contributed by atoms with Crippen LogP contribution >= 0.6 is 7.14 Å². The molecule has 0 aromatic rings. The van der Waals surface area contributed by atoms with Crippen LogP contribution in [0.15, 0.2) is 0 Å². The van der Waals surface area contributed by atoms with Crippen LogP contribution < -0.4 is 5.32 Å². The minimum Gasteiger partial charge on any atom is -0.322 e. The number of hydrogen-bond acceptors (Lipinski definition) is 4. The van der Waals surface area contributed by atoms with Crippen molar-refractivity contribution in [2.45, 2.75) is 19.6 Å². The maximum atomic E-state index is 11.8. The van der Waals surface area contributed by atoms with E-state index >= 15 is 0 Å². The van der Waals surface area contributed by atoms with Crippen molar-refractivity contribution >= 4 is 13.0 Å². The first-order valence-electron chi connectivity index (χ1n) is 4.56. The Balaban J connectivity index is 4.03. The Bertz CT molecular complexity index is 243. The molecule has 6 heteroatoms. The van der Waals surface area contributed by atoms with E-state index in [1.165, 1.54) is 7.05 Å². The molecule has 0 aliphatic rings. The Morgan fingerprint density at radius 1 is 1.64 bits per heavy atom. The molecule has 0 aliphatic heterocycles. The van der Waals surface area contributed by atoms with E-state index in [1.807, 2.05) is 6.92 Å². The highest BCUT2D eigenvalue weighted by molar-refractivity contribution is 7.63. The molecule has 0 aromatic carbocycles. The summed E-state index contributed by atoms with van der Waals surface area (Å²) in [5.41, 5.74) is 0. The van der Waals surface area contributed by atoms with E-state index in [0.717, 1.165) is 0 Å². The van der Waals surface area contributed by atoms with E-state index in [-0.39, 0.29) is 12.3 Å². The van der Waals surface area contributed by atoms with E-state index < -0.39 is 13.0 Å². The van der Waals surface area contributed by atoms with Gasteiger partial charge in [-0.25, -0.2) is 5.06 Å². The number of carbonyl (C=O) groups excluding carboxylic acids is 1. The highest BCUT2D eigenvalue weighted by Gasteiger charge is 2.22. The number of hydroxylamine groups is 2. The van der Waals surface area contributed by atoms with E-state index in [0.29, 0.717) is 11.2 Å². The highest BCUT2D eigenvalue weighted by Crippen LogP contribution is 2.44. The first-order chi connectivity index (χ1) is 6.31. The Morgan fingerprint density at radius 3 is 2.50 bits per heavy atom. The summed E-state index contributed by atoms with van der Waals surface area (Å²) in [4.78, 5) is 11.0. The van der Waals surface area contributed by atoms with Gasteiger partial charge in [0, 0.05) is 7.05 Å². The van der Waals surface area contributed by atoms with Crippen molar-refractivity contribution in [1.29, 1.82) is 0 Å². The third-order valence-electron chi connectivity index (χ3n) is 2.36. The molecule has 0 radical (unpaired) electrons. The second-order valence-electron chi connectivity index (χ2n) is 3.46. The Labute approximate surface area is 84.8 Å². The van der Waals surface area contributed by atoms with Gasteiger partial charge in [-0.2, -0.15) is 0 Å². The van der Waals surface area contributed by atoms with Crippen LogP contribution in [0, 0.1) is 0 Å². The van der Waals surface area contributed by atoms with Gasteiger partial charge in [-0.05, 0) is 19.8 Å². The van der Waals surface area contributed by atoms with Gasteiger partial charge in [0.2, 0.25) is 0 Å². The van der Waals surface area contributed by atoms with Gasteiger partial charge in [0.1, 0.15) is 7.14 Å². The second-order valence-corrected chi connectivity index (χ2v) is 7.22. The lowest BCUT2D eigenvalue weighted by molar-refractivity contribution is -0.158. The Hall–Kier alpha value is -0.380. The zero-order valence-corrected chi connectivity index (χ0v) is 10.0. The number of carbonyl (C=O) groups is 1. The molecule has 0 aliphatic carbocycles. The number of nitrogens with zero attached hydrogens (tertiary/aromatic N) is 1. The van der Waals surface area contributed by atoms with Gasteiger partial charge in [0.25, 0.3) is 5.91 Å². The average Bonchev–Trinajstić information content (AvgIpc) is 2.13. The van der Waals surface area contributed by atoms with Crippen molar-refractivity contribution in [3.8, 4) is 0 Å². The summed E-state index contributed by atoms with van der Waals surface area (Å²) in [7, 11) is -0.950. The minimum absolute atomic E-state index is 0.00595. The topological polar surface area (TPSA) is 69.6 Å². The molecule has 0 rings (SSSR count). The summed E-state index contributed by atoms with van der Waals surface area (Å²) in [5, 5.41) is 12.1. The molecule has 84 valence electrons. The molecule has 2 atom stereocenters. The van der Waals surface area contributed by atoms with E-state index in [1.54, 1.807) is 13.6 Å². The van der Waals surface area contributed by atoms with E-state index in [9.17, 15) is 9.36 Å². The van der Waals surface area contributed by atoms with Gasteiger partial charge in [-0.1, -0.05) is 6.92 Å². The van der Waals surface area contributed by atoms with Crippen LogP contribution in [-0.2, 0) is 9.36 Å². The zero-order chi connectivity index (χ0) is 11.4. The molecule has 2 unspecified atom stereocenters. The molecule has 0 spiro atoms. The van der Waals surface area contributed by atoms with Gasteiger partial charge in [0.05, 0.1) is 12.3 Å². The SMILES string of the molecule is CCP(C)(=O)C(C)NCC(=O)N(C)O. The van der Waals surface area contributed by atoms with Crippen molar-refractivity contribution in [3.63, 3.8) is 0 Å². The lowest BCUT2D eigenvalue weighted by Gasteiger charge is -2.21. The number of amides is 1. The van der Waals surface area contributed by atoms with Crippen LogP contribution in [0.2, 0.25) is 0 Å². The molecule has 0 bridgehead atoms. The number of likely N-dealkylation sites (N-methyl/N-ethyl adjacent to an activating group) is 1. The third-order valence-corrected chi connectivity index (χ3v) is 5.43. The van der Waals surface area contributed by atoms with E-state index in [2.05, 4.69) is 5.32 Å². The standard InChI is InChI=1S/C8H19N2O3P/c1-5-14(4,13)7(2)9-6-8(11)10(3)12/h7,9,12H,5-6H2,1-4H3. The highest BCUT2D eigenvalue weighted by atomic mass is 31.2. The van der Waals surface area contributed by atoms with E-state index in [4.69, 9.17) is 5.21 Å². The summed E-state index contributed by atoms with van der Waals surface area (Å²) in [6.45, 7) is 5.36. The van der Waals surface area contributed by atoms with Crippen molar-refractivity contribution < 1.29 is 14.6 Å². The van der Waals surface area contributed by atoms with Crippen molar-refractivity contribution in [2.24, 2.45) is 0 Å². The molecule has 1 amide bonds. The Kier molecular flexibility index (Phi) is 5.34. The minimum atomic E-state index is -2.21. The maximum absolute atomic E-state index is 11.8. The summed E-state index contributed by atoms with van der Waals surface area (Å²) in [5.74, 6) is -0.635. The van der Waals surface area contributed by atoms with Crippen LogP contribution in [-0.4, -0.2) is 48.4 Å². The van der Waals surface area contributed by atoms with Crippen LogP contribution in [0.4, 0.5) is 0 Å². The number of nitrogens with one attached hydrogen (secondary N) is 1. The quantitative estimate of drug-likeness (QED) is 0.410. The lowest BCUT2D eigenvalue weighted by atomic mass is 10.5. The Morgan fingerprint density at radius 2 is 2.14 bits per heavy atom. The second kappa shape index (κ2) is 5.49. The normalized spacial score (nSPS) is 17.2. The zero-order valence-electron chi connectivity index (χ0n) is 9.15. The third kappa shape index (κ3) is 4.22. The summed E-state index contributed by atoms with van der Waals surface area (Å²) < 4.78 is 11.8. The molecule has 14 heavy (non-hydrogen) atoms. The first kappa shape index (κ1) is 13.6. The lowest BCUT2D eigenvalue weighted by Crippen LogP contribution is -2.37. The fourth-order valence-corrected chi connectivity index (χ4v) is 1.84. The average molecular weight is 222 g/mol. The van der Waals surface area contributed by atoms with Crippen molar-refractivity contribution in [2.75, 3.05) is 26.4 Å². The molecule has 0 saturated carbocycles. The molecule has 0 saturated heterocycles. The van der Waals surface area contributed by atoms with Crippen molar-refractivity contribution in [1.82, 2.24) is 10.4 Å². The molecule has 2 N–H and O–H groups in total. The van der Waals surface area contributed by atoms with Crippen LogP contribution in [0.25, 0.3) is 0 Å². The van der Waals surface area contributed by atoms with Gasteiger partial charge in [-0.3, -0.25) is 15.3 Å².